The molecule has 0 atom stereocenters. The number of nitrogens with zero attached hydrogens (tertiary/aromatic N) is 4. The molecule has 1 aliphatic heterocycles. The van der Waals surface area contributed by atoms with E-state index >= 15 is 0 Å². The van der Waals surface area contributed by atoms with Gasteiger partial charge < -0.3 is 20.2 Å². The van der Waals surface area contributed by atoms with Gasteiger partial charge in [0.05, 0.1) is 4.92 Å². The predicted octanol–water partition coefficient (Wildman–Crippen LogP) is 3.39. The van der Waals surface area contributed by atoms with E-state index in [9.17, 15) is 15.2 Å². The van der Waals surface area contributed by atoms with Gasteiger partial charge in [-0.05, 0) is 56.6 Å². The maximum atomic E-state index is 10.9. The van der Waals surface area contributed by atoms with E-state index in [0.29, 0.717) is 11.6 Å². The molecule has 11 nitrogen and oxygen atoms in total. The lowest BCUT2D eigenvalue weighted by molar-refractivity contribution is -0.385. The van der Waals surface area contributed by atoms with Gasteiger partial charge in [0, 0.05) is 30.4 Å². The highest BCUT2D eigenvalue weighted by Gasteiger charge is 2.17. The quantitative estimate of drug-likeness (QED) is 0.318. The first-order valence-corrected chi connectivity index (χ1v) is 10.6. The molecule has 0 aliphatic carbocycles. The van der Waals surface area contributed by atoms with Gasteiger partial charge in [-0.25, -0.2) is 14.6 Å². The lowest BCUT2D eigenvalue weighted by Crippen LogP contribution is -2.29. The van der Waals surface area contributed by atoms with Gasteiger partial charge >= 0.3 is 11.9 Å². The lowest BCUT2D eigenvalue weighted by atomic mass is 10.1. The molecule has 0 amide bonds. The van der Waals surface area contributed by atoms with Gasteiger partial charge in [-0.3, -0.25) is 15.0 Å². The second-order valence-electron chi connectivity index (χ2n) is 7.54. The SMILES string of the molecule is CCCN(c1ccc(O)c(CN2CCCCC2)c1)c1ccc([N+](=O)[O-])cn1.O=C(O)C(=O)O. The fourth-order valence-electron chi connectivity index (χ4n) is 3.47. The number of nitro groups is 1. The van der Waals surface area contributed by atoms with E-state index in [-0.39, 0.29) is 5.69 Å². The van der Waals surface area contributed by atoms with Crippen molar-refractivity contribution in [1.29, 1.82) is 0 Å². The molecular weight excluding hydrogens is 432 g/mol. The summed E-state index contributed by atoms with van der Waals surface area (Å²) in [5.41, 5.74) is 1.81. The highest BCUT2D eigenvalue weighted by Crippen LogP contribution is 2.30. The minimum atomic E-state index is -1.82. The van der Waals surface area contributed by atoms with Gasteiger partial charge in [0.1, 0.15) is 17.8 Å². The highest BCUT2D eigenvalue weighted by molar-refractivity contribution is 6.27. The summed E-state index contributed by atoms with van der Waals surface area (Å²) in [6.07, 6.45) is 5.87. The average molecular weight is 460 g/mol. The number of carboxylic acids is 2. The minimum Gasteiger partial charge on any atom is -0.508 e. The average Bonchev–Trinajstić information content (AvgIpc) is 2.80. The van der Waals surface area contributed by atoms with Crippen molar-refractivity contribution in [2.75, 3.05) is 24.5 Å². The van der Waals surface area contributed by atoms with Crippen LogP contribution in [0.5, 0.6) is 5.75 Å². The Kier molecular flexibility index (Phi) is 9.55. The predicted molar refractivity (Wildman–Crippen MR) is 121 cm³/mol. The molecule has 1 aromatic carbocycles. The van der Waals surface area contributed by atoms with Gasteiger partial charge in [-0.15, -0.1) is 0 Å². The van der Waals surface area contributed by atoms with E-state index in [1.807, 2.05) is 17.0 Å². The molecule has 0 saturated carbocycles. The van der Waals surface area contributed by atoms with Crippen LogP contribution in [-0.2, 0) is 16.1 Å². The van der Waals surface area contributed by atoms with Crippen LogP contribution in [0.25, 0.3) is 0 Å². The number of anilines is 2. The number of aromatic hydroxyl groups is 1. The van der Waals surface area contributed by atoms with Crippen LogP contribution in [0.3, 0.4) is 0 Å². The summed E-state index contributed by atoms with van der Waals surface area (Å²) in [6, 6.07) is 8.74. The number of pyridine rings is 1. The third-order valence-electron chi connectivity index (χ3n) is 5.07. The van der Waals surface area contributed by atoms with Gasteiger partial charge in [-0.1, -0.05) is 13.3 Å². The molecule has 3 rings (SSSR count). The van der Waals surface area contributed by atoms with Gasteiger partial charge in [0.25, 0.3) is 5.69 Å². The summed E-state index contributed by atoms with van der Waals surface area (Å²) in [7, 11) is 0. The zero-order valence-corrected chi connectivity index (χ0v) is 18.4. The number of likely N-dealkylation sites (tertiary alicyclic amines) is 1. The third kappa shape index (κ3) is 7.72. The molecule has 0 bridgehead atoms. The number of phenols is 1. The molecule has 1 fully saturated rings. The molecule has 33 heavy (non-hydrogen) atoms. The number of hydrogen-bond donors (Lipinski definition) is 3. The number of carboxylic acid groups (broad SMARTS) is 2. The third-order valence-corrected chi connectivity index (χ3v) is 5.07. The van der Waals surface area contributed by atoms with E-state index in [1.54, 1.807) is 12.1 Å². The molecule has 2 heterocycles. The van der Waals surface area contributed by atoms with Crippen LogP contribution in [0.2, 0.25) is 0 Å². The number of rotatable bonds is 7. The Morgan fingerprint density at radius 1 is 1.12 bits per heavy atom. The van der Waals surface area contributed by atoms with Crippen LogP contribution < -0.4 is 4.90 Å². The van der Waals surface area contributed by atoms with Crippen molar-refractivity contribution in [3.63, 3.8) is 0 Å². The zero-order chi connectivity index (χ0) is 24.4. The van der Waals surface area contributed by atoms with Crippen molar-refractivity contribution in [3.8, 4) is 5.75 Å². The first kappa shape index (κ1) is 25.5. The number of carbonyl (C=O) groups is 2. The normalized spacial score (nSPS) is 13.5. The lowest BCUT2D eigenvalue weighted by Gasteiger charge is -2.28. The van der Waals surface area contributed by atoms with Crippen LogP contribution in [-0.4, -0.2) is 61.7 Å². The first-order chi connectivity index (χ1) is 15.7. The van der Waals surface area contributed by atoms with Crippen molar-refractivity contribution in [1.82, 2.24) is 9.88 Å². The van der Waals surface area contributed by atoms with Crippen LogP contribution in [0.4, 0.5) is 17.2 Å². The van der Waals surface area contributed by atoms with Crippen LogP contribution >= 0.6 is 0 Å². The molecule has 1 aliphatic rings. The summed E-state index contributed by atoms with van der Waals surface area (Å²) in [5.74, 6) is -2.68. The number of piperidine rings is 1. The fraction of sp³-hybridized carbons (Fsp3) is 0.409. The Labute approximate surface area is 191 Å². The highest BCUT2D eigenvalue weighted by atomic mass is 16.6. The van der Waals surface area contributed by atoms with E-state index < -0.39 is 16.9 Å². The standard InChI is InChI=1S/C20H26N4O3.C2H2O4/c1-2-10-23(20-9-7-18(14-21-20)24(26)27)17-6-8-19(25)16(13-17)15-22-11-4-3-5-12-22;3-1(4)2(5)6/h6-9,13-14,25H,2-5,10-12,15H2,1H3;(H,3,4)(H,5,6). The smallest absolute Gasteiger partial charge is 0.414 e. The van der Waals surface area contributed by atoms with E-state index in [0.717, 1.165) is 43.9 Å². The number of aromatic nitrogens is 1. The van der Waals surface area contributed by atoms with E-state index in [1.165, 1.54) is 31.5 Å². The van der Waals surface area contributed by atoms with Gasteiger partial charge in [0.2, 0.25) is 0 Å². The second-order valence-corrected chi connectivity index (χ2v) is 7.54. The fourth-order valence-corrected chi connectivity index (χ4v) is 3.47. The summed E-state index contributed by atoms with van der Waals surface area (Å²) in [4.78, 5) is 37.3. The molecule has 178 valence electrons. The van der Waals surface area contributed by atoms with E-state index in [4.69, 9.17) is 19.8 Å². The van der Waals surface area contributed by atoms with Gasteiger partial charge in [-0.2, -0.15) is 0 Å². The topological polar surface area (TPSA) is 157 Å². The molecule has 0 spiro atoms. The largest absolute Gasteiger partial charge is 0.508 e. The molecule has 0 radical (unpaired) electrons. The minimum absolute atomic E-state index is 0.0216. The van der Waals surface area contributed by atoms with Gasteiger partial charge in [0.15, 0.2) is 0 Å². The summed E-state index contributed by atoms with van der Waals surface area (Å²) < 4.78 is 0. The number of aliphatic carboxylic acids is 2. The molecule has 1 aromatic heterocycles. The number of benzene rings is 1. The van der Waals surface area contributed by atoms with Crippen molar-refractivity contribution < 1.29 is 29.8 Å². The van der Waals surface area contributed by atoms with E-state index in [2.05, 4.69) is 16.8 Å². The van der Waals surface area contributed by atoms with Crippen molar-refractivity contribution in [2.24, 2.45) is 0 Å². The molecular formula is C22H28N4O7. The number of phenolic OH excluding ortho intramolecular Hbond substituents is 1. The molecule has 0 unspecified atom stereocenters. The van der Waals surface area contributed by atoms with Crippen molar-refractivity contribution in [3.05, 3.63) is 52.2 Å². The molecule has 3 N–H and O–H groups in total. The maximum Gasteiger partial charge on any atom is 0.414 e. The van der Waals surface area contributed by atoms with Crippen LogP contribution in [0.1, 0.15) is 38.2 Å². The number of hydrogen-bond acceptors (Lipinski definition) is 8. The van der Waals surface area contributed by atoms with Crippen molar-refractivity contribution in [2.45, 2.75) is 39.2 Å². The molecule has 11 heteroatoms. The molecule has 1 saturated heterocycles. The second kappa shape index (κ2) is 12.3. The van der Waals surface area contributed by atoms with Crippen molar-refractivity contribution >= 4 is 29.1 Å². The monoisotopic (exact) mass is 460 g/mol. The zero-order valence-electron chi connectivity index (χ0n) is 18.4. The Bertz CT molecular complexity index is 948. The Balaban J connectivity index is 0.000000569. The van der Waals surface area contributed by atoms with Crippen LogP contribution in [0, 0.1) is 10.1 Å². The summed E-state index contributed by atoms with van der Waals surface area (Å²) in [5, 5.41) is 36.0. The first-order valence-electron chi connectivity index (χ1n) is 10.6. The van der Waals surface area contributed by atoms with Crippen LogP contribution in [0.15, 0.2) is 36.5 Å². The summed E-state index contributed by atoms with van der Waals surface area (Å²) in [6.45, 7) is 5.66. The Hall–Kier alpha value is -3.73. The Morgan fingerprint density at radius 3 is 2.30 bits per heavy atom. The molecule has 2 aromatic rings. The Morgan fingerprint density at radius 2 is 1.79 bits per heavy atom. The maximum absolute atomic E-state index is 10.9. The summed E-state index contributed by atoms with van der Waals surface area (Å²) >= 11 is 0.